The number of hydrogen-bond donors (Lipinski definition) is 1. The SMILES string of the molecule is CC1C(CO)CCN1Cc1ncno1. The molecule has 1 N–H and O–H groups in total. The molecule has 78 valence electrons. The number of hydrogen-bond acceptors (Lipinski definition) is 5. The molecule has 1 aromatic heterocycles. The van der Waals surface area contributed by atoms with Gasteiger partial charge in [-0.2, -0.15) is 4.98 Å². The number of likely N-dealkylation sites (tertiary alicyclic amines) is 1. The van der Waals surface area contributed by atoms with Gasteiger partial charge < -0.3 is 9.63 Å². The third-order valence-corrected chi connectivity index (χ3v) is 3.03. The highest BCUT2D eigenvalue weighted by atomic mass is 16.5. The van der Waals surface area contributed by atoms with E-state index in [2.05, 4.69) is 22.0 Å². The molecule has 5 heteroatoms. The molecular weight excluding hydrogens is 182 g/mol. The van der Waals surface area contributed by atoms with Crippen LogP contribution in [0.4, 0.5) is 0 Å². The monoisotopic (exact) mass is 197 g/mol. The maximum absolute atomic E-state index is 9.10. The Balaban J connectivity index is 1.94. The summed E-state index contributed by atoms with van der Waals surface area (Å²) in [5.41, 5.74) is 0. The van der Waals surface area contributed by atoms with E-state index in [1.807, 2.05) is 0 Å². The number of rotatable bonds is 3. The van der Waals surface area contributed by atoms with Crippen molar-refractivity contribution in [3.05, 3.63) is 12.2 Å². The van der Waals surface area contributed by atoms with E-state index in [1.165, 1.54) is 6.33 Å². The van der Waals surface area contributed by atoms with Crippen LogP contribution in [0.25, 0.3) is 0 Å². The van der Waals surface area contributed by atoms with Gasteiger partial charge in [-0.3, -0.25) is 4.90 Å². The topological polar surface area (TPSA) is 62.4 Å². The van der Waals surface area contributed by atoms with Crippen LogP contribution in [0.1, 0.15) is 19.2 Å². The molecule has 2 atom stereocenters. The highest BCUT2D eigenvalue weighted by Crippen LogP contribution is 2.24. The first-order valence-corrected chi connectivity index (χ1v) is 4.91. The summed E-state index contributed by atoms with van der Waals surface area (Å²) < 4.78 is 4.95. The van der Waals surface area contributed by atoms with Gasteiger partial charge in [0.2, 0.25) is 5.89 Å². The number of nitrogens with zero attached hydrogens (tertiary/aromatic N) is 3. The third-order valence-electron chi connectivity index (χ3n) is 3.03. The molecule has 1 aliphatic rings. The first kappa shape index (κ1) is 9.61. The van der Waals surface area contributed by atoms with Crippen molar-refractivity contribution in [2.24, 2.45) is 5.92 Å². The Kier molecular flexibility index (Phi) is 2.79. The van der Waals surface area contributed by atoms with Crippen LogP contribution in [-0.4, -0.2) is 39.3 Å². The molecule has 1 fully saturated rings. The van der Waals surface area contributed by atoms with Crippen LogP contribution >= 0.6 is 0 Å². The number of aromatic nitrogens is 2. The van der Waals surface area contributed by atoms with Crippen molar-refractivity contribution in [1.29, 1.82) is 0 Å². The van der Waals surface area contributed by atoms with E-state index < -0.39 is 0 Å². The summed E-state index contributed by atoms with van der Waals surface area (Å²) in [5, 5.41) is 12.7. The van der Waals surface area contributed by atoms with Crippen LogP contribution in [0, 0.1) is 5.92 Å². The summed E-state index contributed by atoms with van der Waals surface area (Å²) in [7, 11) is 0. The Labute approximate surface area is 82.7 Å². The predicted molar refractivity (Wildman–Crippen MR) is 49.4 cm³/mol. The second kappa shape index (κ2) is 4.06. The number of aliphatic hydroxyl groups is 1. The van der Waals surface area contributed by atoms with Crippen molar-refractivity contribution in [2.45, 2.75) is 25.9 Å². The molecule has 5 nitrogen and oxygen atoms in total. The van der Waals surface area contributed by atoms with Crippen LogP contribution < -0.4 is 0 Å². The van der Waals surface area contributed by atoms with Gasteiger partial charge in [0, 0.05) is 12.6 Å². The van der Waals surface area contributed by atoms with Crippen molar-refractivity contribution >= 4 is 0 Å². The smallest absolute Gasteiger partial charge is 0.240 e. The average Bonchev–Trinajstić information content (AvgIpc) is 2.79. The first-order valence-electron chi connectivity index (χ1n) is 4.91. The van der Waals surface area contributed by atoms with Gasteiger partial charge in [0.1, 0.15) is 0 Å². The molecule has 1 aliphatic heterocycles. The van der Waals surface area contributed by atoms with Crippen molar-refractivity contribution in [1.82, 2.24) is 15.0 Å². The molecule has 0 amide bonds. The van der Waals surface area contributed by atoms with Crippen LogP contribution in [-0.2, 0) is 6.54 Å². The summed E-state index contributed by atoms with van der Waals surface area (Å²) >= 11 is 0. The van der Waals surface area contributed by atoms with E-state index in [4.69, 9.17) is 9.63 Å². The fourth-order valence-electron chi connectivity index (χ4n) is 1.98. The molecule has 0 bridgehead atoms. The molecule has 0 radical (unpaired) electrons. The zero-order valence-corrected chi connectivity index (χ0v) is 8.26. The molecule has 0 aromatic carbocycles. The maximum atomic E-state index is 9.10. The highest BCUT2D eigenvalue weighted by Gasteiger charge is 2.30. The van der Waals surface area contributed by atoms with Gasteiger partial charge in [-0.1, -0.05) is 5.16 Å². The van der Waals surface area contributed by atoms with Gasteiger partial charge in [0.15, 0.2) is 6.33 Å². The lowest BCUT2D eigenvalue weighted by Crippen LogP contribution is -2.30. The predicted octanol–water partition coefficient (Wildman–Crippen LogP) is 0.272. The van der Waals surface area contributed by atoms with E-state index in [0.717, 1.165) is 13.0 Å². The van der Waals surface area contributed by atoms with Crippen LogP contribution in [0.2, 0.25) is 0 Å². The lowest BCUT2D eigenvalue weighted by molar-refractivity contribution is 0.161. The Morgan fingerprint density at radius 2 is 2.57 bits per heavy atom. The van der Waals surface area contributed by atoms with E-state index in [0.29, 0.717) is 24.4 Å². The molecular formula is C9H15N3O2. The number of aliphatic hydroxyl groups excluding tert-OH is 1. The van der Waals surface area contributed by atoms with Crippen molar-refractivity contribution in [3.63, 3.8) is 0 Å². The third kappa shape index (κ3) is 1.78. The Hall–Kier alpha value is -0.940. The largest absolute Gasteiger partial charge is 0.396 e. The Morgan fingerprint density at radius 1 is 1.71 bits per heavy atom. The van der Waals surface area contributed by atoms with Crippen molar-refractivity contribution in [3.8, 4) is 0 Å². The van der Waals surface area contributed by atoms with Crippen molar-refractivity contribution in [2.75, 3.05) is 13.2 Å². The molecule has 0 saturated carbocycles. The minimum absolute atomic E-state index is 0.265. The lowest BCUT2D eigenvalue weighted by atomic mass is 10.0. The molecule has 14 heavy (non-hydrogen) atoms. The minimum Gasteiger partial charge on any atom is -0.396 e. The zero-order valence-electron chi connectivity index (χ0n) is 8.26. The summed E-state index contributed by atoms with van der Waals surface area (Å²) in [5.74, 6) is 1.04. The second-order valence-electron chi connectivity index (χ2n) is 3.78. The quantitative estimate of drug-likeness (QED) is 0.753. The normalized spacial score (nSPS) is 28.4. The Morgan fingerprint density at radius 3 is 3.14 bits per heavy atom. The fourth-order valence-corrected chi connectivity index (χ4v) is 1.98. The second-order valence-corrected chi connectivity index (χ2v) is 3.78. The molecule has 0 aliphatic carbocycles. The minimum atomic E-state index is 0.265. The van der Waals surface area contributed by atoms with Gasteiger partial charge >= 0.3 is 0 Å². The zero-order chi connectivity index (χ0) is 9.97. The molecule has 1 saturated heterocycles. The lowest BCUT2D eigenvalue weighted by Gasteiger charge is -2.21. The average molecular weight is 197 g/mol. The van der Waals surface area contributed by atoms with Gasteiger partial charge in [0.25, 0.3) is 0 Å². The van der Waals surface area contributed by atoms with Crippen LogP contribution in [0.3, 0.4) is 0 Å². The first-order chi connectivity index (χ1) is 6.81. The fraction of sp³-hybridized carbons (Fsp3) is 0.778. The van der Waals surface area contributed by atoms with Gasteiger partial charge in [-0.15, -0.1) is 0 Å². The molecule has 2 unspecified atom stereocenters. The maximum Gasteiger partial charge on any atom is 0.240 e. The summed E-state index contributed by atoms with van der Waals surface area (Å²) in [6, 6.07) is 0.395. The van der Waals surface area contributed by atoms with E-state index in [9.17, 15) is 0 Å². The summed E-state index contributed by atoms with van der Waals surface area (Å²) in [4.78, 5) is 6.24. The van der Waals surface area contributed by atoms with Crippen LogP contribution in [0.15, 0.2) is 10.9 Å². The molecule has 1 aromatic rings. The van der Waals surface area contributed by atoms with Crippen LogP contribution in [0.5, 0.6) is 0 Å². The summed E-state index contributed by atoms with van der Waals surface area (Å²) in [6.45, 7) is 4.08. The van der Waals surface area contributed by atoms with E-state index >= 15 is 0 Å². The summed E-state index contributed by atoms with van der Waals surface area (Å²) in [6.07, 6.45) is 2.46. The molecule has 2 heterocycles. The standard InChI is InChI=1S/C9H15N3O2/c1-7-8(5-13)2-3-12(7)4-9-10-6-11-14-9/h6-8,13H,2-5H2,1H3. The Bertz CT molecular complexity index is 276. The highest BCUT2D eigenvalue weighted by molar-refractivity contribution is 4.86. The van der Waals surface area contributed by atoms with Gasteiger partial charge in [0.05, 0.1) is 6.54 Å². The van der Waals surface area contributed by atoms with Crippen molar-refractivity contribution < 1.29 is 9.63 Å². The molecule has 0 spiro atoms. The van der Waals surface area contributed by atoms with Gasteiger partial charge in [-0.25, -0.2) is 0 Å². The van der Waals surface area contributed by atoms with E-state index in [1.54, 1.807) is 0 Å². The molecule has 2 rings (SSSR count). The van der Waals surface area contributed by atoms with Gasteiger partial charge in [-0.05, 0) is 25.8 Å². The van der Waals surface area contributed by atoms with E-state index in [-0.39, 0.29) is 6.61 Å².